The molecule has 0 aliphatic carbocycles. The summed E-state index contributed by atoms with van der Waals surface area (Å²) in [4.78, 5) is 23.9. The summed E-state index contributed by atoms with van der Waals surface area (Å²) >= 11 is 3.39. The minimum Gasteiger partial charge on any atom is -0.477 e. The Labute approximate surface area is 143 Å². The van der Waals surface area contributed by atoms with E-state index >= 15 is 0 Å². The molecular formula is C15H21BrN2O4Si. The van der Waals surface area contributed by atoms with E-state index < -0.39 is 14.0 Å². The second-order valence-corrected chi connectivity index (χ2v) is 13.2. The molecule has 0 unspecified atom stereocenters. The highest BCUT2D eigenvalue weighted by Gasteiger charge is 2.20. The Hall–Kier alpha value is -1.38. The summed E-state index contributed by atoms with van der Waals surface area (Å²) in [5, 5.41) is 9.99. The van der Waals surface area contributed by atoms with Crippen LogP contribution in [0.25, 0.3) is 10.9 Å². The number of ether oxygens (including phenoxy) is 1. The molecule has 0 saturated carbocycles. The summed E-state index contributed by atoms with van der Waals surface area (Å²) in [5.41, 5.74) is 0.147. The molecule has 0 radical (unpaired) electrons. The number of nitrogens with zero attached hydrogens (tertiary/aromatic N) is 2. The Morgan fingerprint density at radius 3 is 2.61 bits per heavy atom. The Bertz CT molecular complexity index is 804. The maximum atomic E-state index is 12.4. The standard InChI is InChI=1S/C15H21BrN2O4Si/c1-17-8-11(16)10-7-12(15(20)21)18(13(10)14(17)19)9-22-5-6-23(2,3)4/h7-8H,5-6,9H2,1-4H3,(H,20,21). The molecule has 8 heteroatoms. The van der Waals surface area contributed by atoms with Crippen molar-refractivity contribution in [1.82, 2.24) is 9.13 Å². The lowest BCUT2D eigenvalue weighted by Crippen LogP contribution is -2.23. The summed E-state index contributed by atoms with van der Waals surface area (Å²) in [6, 6.07) is 2.49. The van der Waals surface area contributed by atoms with Gasteiger partial charge in [-0.3, -0.25) is 4.79 Å². The third kappa shape index (κ3) is 3.93. The van der Waals surface area contributed by atoms with Gasteiger partial charge in [-0.15, -0.1) is 0 Å². The normalized spacial score (nSPS) is 12.0. The summed E-state index contributed by atoms with van der Waals surface area (Å²) in [5.74, 6) is -1.08. The van der Waals surface area contributed by atoms with E-state index in [4.69, 9.17) is 4.74 Å². The number of fused-ring (bicyclic) bond motifs is 1. The van der Waals surface area contributed by atoms with Crippen LogP contribution < -0.4 is 5.56 Å². The van der Waals surface area contributed by atoms with E-state index in [0.717, 1.165) is 6.04 Å². The highest BCUT2D eigenvalue weighted by Crippen LogP contribution is 2.25. The third-order valence-electron chi connectivity index (χ3n) is 3.62. The zero-order valence-electron chi connectivity index (χ0n) is 13.7. The van der Waals surface area contributed by atoms with Crippen LogP contribution in [0.3, 0.4) is 0 Å². The van der Waals surface area contributed by atoms with Crippen LogP contribution in [-0.4, -0.2) is 34.9 Å². The molecule has 0 aromatic carbocycles. The van der Waals surface area contributed by atoms with Gasteiger partial charge in [-0.1, -0.05) is 19.6 Å². The number of pyridine rings is 1. The summed E-state index contributed by atoms with van der Waals surface area (Å²) in [6.45, 7) is 7.36. The second kappa shape index (κ2) is 6.62. The number of carboxylic acid groups (broad SMARTS) is 1. The number of aromatic nitrogens is 2. The second-order valence-electron chi connectivity index (χ2n) is 6.77. The van der Waals surface area contributed by atoms with Crippen LogP contribution in [0, 0.1) is 0 Å². The molecule has 0 saturated heterocycles. The highest BCUT2D eigenvalue weighted by molar-refractivity contribution is 9.10. The average molecular weight is 401 g/mol. The molecule has 23 heavy (non-hydrogen) atoms. The highest BCUT2D eigenvalue weighted by atomic mass is 79.9. The number of halogens is 1. The van der Waals surface area contributed by atoms with Crippen LogP contribution in [-0.2, 0) is 18.5 Å². The molecule has 0 bridgehead atoms. The number of aromatic carboxylic acids is 1. The molecule has 2 aromatic rings. The monoisotopic (exact) mass is 400 g/mol. The lowest BCUT2D eigenvalue weighted by Gasteiger charge is -2.16. The van der Waals surface area contributed by atoms with E-state index in [1.54, 1.807) is 13.2 Å². The van der Waals surface area contributed by atoms with Crippen LogP contribution in [0.15, 0.2) is 21.5 Å². The van der Waals surface area contributed by atoms with E-state index in [2.05, 4.69) is 35.6 Å². The van der Waals surface area contributed by atoms with Crippen LogP contribution in [0.5, 0.6) is 0 Å². The van der Waals surface area contributed by atoms with Crippen LogP contribution in [0.1, 0.15) is 10.5 Å². The van der Waals surface area contributed by atoms with Gasteiger partial charge in [-0.25, -0.2) is 4.79 Å². The Balaban J connectivity index is 2.42. The summed E-state index contributed by atoms with van der Waals surface area (Å²) in [6.07, 6.45) is 1.63. The van der Waals surface area contributed by atoms with E-state index in [1.165, 1.54) is 15.2 Å². The molecule has 0 aliphatic rings. The largest absolute Gasteiger partial charge is 0.477 e. The van der Waals surface area contributed by atoms with Crippen LogP contribution in [0.2, 0.25) is 25.7 Å². The predicted octanol–water partition coefficient (Wildman–Crippen LogP) is 3.11. The fraction of sp³-hybridized carbons (Fsp3) is 0.467. The van der Waals surface area contributed by atoms with Crippen molar-refractivity contribution in [2.45, 2.75) is 32.4 Å². The van der Waals surface area contributed by atoms with Gasteiger partial charge in [0.2, 0.25) is 0 Å². The van der Waals surface area contributed by atoms with Crippen molar-refractivity contribution in [3.05, 3.63) is 32.8 Å². The molecule has 2 heterocycles. The molecule has 2 rings (SSSR count). The molecule has 2 aromatic heterocycles. The van der Waals surface area contributed by atoms with Gasteiger partial charge < -0.3 is 19.0 Å². The van der Waals surface area contributed by atoms with Gasteiger partial charge in [0.15, 0.2) is 0 Å². The SMILES string of the molecule is Cn1cc(Br)c2cc(C(=O)O)n(COCC[Si](C)(C)C)c2c1=O. The van der Waals surface area contributed by atoms with Crippen molar-refractivity contribution >= 4 is 40.9 Å². The molecule has 0 fully saturated rings. The topological polar surface area (TPSA) is 73.5 Å². The van der Waals surface area contributed by atoms with E-state index in [1.807, 2.05) is 0 Å². The van der Waals surface area contributed by atoms with Gasteiger partial charge in [0.25, 0.3) is 5.56 Å². The molecule has 0 aliphatic heterocycles. The van der Waals surface area contributed by atoms with Crippen LogP contribution >= 0.6 is 15.9 Å². The molecular weight excluding hydrogens is 380 g/mol. The smallest absolute Gasteiger partial charge is 0.352 e. The molecule has 0 amide bonds. The zero-order chi connectivity index (χ0) is 17.4. The Morgan fingerprint density at radius 1 is 1.39 bits per heavy atom. The predicted molar refractivity (Wildman–Crippen MR) is 95.9 cm³/mol. The number of hydrogen-bond acceptors (Lipinski definition) is 3. The first-order valence-corrected chi connectivity index (χ1v) is 11.8. The van der Waals surface area contributed by atoms with Gasteiger partial charge in [0.1, 0.15) is 17.9 Å². The first-order valence-electron chi connectivity index (χ1n) is 7.31. The fourth-order valence-corrected chi connectivity index (χ4v) is 3.64. The first kappa shape index (κ1) is 18.0. The van der Waals surface area contributed by atoms with Gasteiger partial charge in [-0.2, -0.15) is 0 Å². The quantitative estimate of drug-likeness (QED) is 0.596. The van der Waals surface area contributed by atoms with Crippen molar-refractivity contribution in [3.63, 3.8) is 0 Å². The lowest BCUT2D eigenvalue weighted by atomic mass is 10.3. The van der Waals surface area contributed by atoms with Gasteiger partial charge in [0.05, 0.1) is 0 Å². The van der Waals surface area contributed by atoms with Gasteiger partial charge in [0, 0.05) is 37.8 Å². The molecule has 0 spiro atoms. The Kier molecular flexibility index (Phi) is 5.17. The van der Waals surface area contributed by atoms with Crippen molar-refractivity contribution < 1.29 is 14.6 Å². The molecule has 0 atom stereocenters. The van der Waals surface area contributed by atoms with E-state index in [-0.39, 0.29) is 18.0 Å². The summed E-state index contributed by atoms with van der Waals surface area (Å²) < 4.78 is 9.20. The third-order valence-corrected chi connectivity index (χ3v) is 5.96. The first-order chi connectivity index (χ1) is 10.6. The molecule has 1 N–H and O–H groups in total. The number of aryl methyl sites for hydroxylation is 1. The number of rotatable bonds is 6. The molecule has 126 valence electrons. The fourth-order valence-electron chi connectivity index (χ4n) is 2.27. The number of carboxylic acids is 1. The Morgan fingerprint density at radius 2 is 2.04 bits per heavy atom. The number of hydrogen-bond donors (Lipinski definition) is 1. The maximum absolute atomic E-state index is 12.4. The van der Waals surface area contributed by atoms with Gasteiger partial charge in [-0.05, 0) is 28.0 Å². The van der Waals surface area contributed by atoms with Crippen molar-refractivity contribution in [1.29, 1.82) is 0 Å². The zero-order valence-corrected chi connectivity index (χ0v) is 16.3. The molecule has 6 nitrogen and oxygen atoms in total. The van der Waals surface area contributed by atoms with E-state index in [0.29, 0.717) is 22.0 Å². The minimum atomic E-state index is -1.22. The van der Waals surface area contributed by atoms with Crippen LogP contribution in [0.4, 0.5) is 0 Å². The summed E-state index contributed by atoms with van der Waals surface area (Å²) in [7, 11) is 0.414. The van der Waals surface area contributed by atoms with E-state index in [9.17, 15) is 14.7 Å². The van der Waals surface area contributed by atoms with Crippen molar-refractivity contribution in [2.75, 3.05) is 6.61 Å². The lowest BCUT2D eigenvalue weighted by molar-refractivity contribution is 0.0630. The van der Waals surface area contributed by atoms with Gasteiger partial charge >= 0.3 is 5.97 Å². The van der Waals surface area contributed by atoms with Crippen molar-refractivity contribution in [2.24, 2.45) is 7.05 Å². The number of carbonyl (C=O) groups is 1. The minimum absolute atomic E-state index is 0.0528. The maximum Gasteiger partial charge on any atom is 0.352 e. The van der Waals surface area contributed by atoms with Crippen molar-refractivity contribution in [3.8, 4) is 0 Å². The average Bonchev–Trinajstić information content (AvgIpc) is 2.80.